The third-order valence-electron chi connectivity index (χ3n) is 3.31. The van der Waals surface area contributed by atoms with Gasteiger partial charge in [0.25, 0.3) is 0 Å². The Labute approximate surface area is 135 Å². The van der Waals surface area contributed by atoms with E-state index in [0.717, 1.165) is 5.56 Å². The number of furan rings is 1. The van der Waals surface area contributed by atoms with Crippen LogP contribution in [-0.2, 0) is 0 Å². The molecule has 0 saturated heterocycles. The molecule has 1 N–H and O–H groups in total. The van der Waals surface area contributed by atoms with E-state index in [0.29, 0.717) is 11.0 Å². The molecular weight excluding hydrogens is 314 g/mol. The van der Waals surface area contributed by atoms with Crippen LogP contribution in [0.1, 0.15) is 11.3 Å². The Morgan fingerprint density at radius 3 is 2.88 bits per heavy atom. The first-order valence-corrected chi connectivity index (χ1v) is 6.99. The van der Waals surface area contributed by atoms with Gasteiger partial charge in [-0.05, 0) is 30.7 Å². The standard InChI is InChI=1S/C15H13N5O4/c1-9-3-5-12-11(7-9)18-14(19(12)15(21)16-2)17-8-10-4-6-13(24-10)20(22)23/h3-8H,1-2H3,(H,16,21). The minimum absolute atomic E-state index is 0.147. The van der Waals surface area contributed by atoms with E-state index in [-0.39, 0.29) is 23.6 Å². The van der Waals surface area contributed by atoms with Gasteiger partial charge in [0.2, 0.25) is 5.95 Å². The van der Waals surface area contributed by atoms with Gasteiger partial charge in [-0.1, -0.05) is 6.07 Å². The molecule has 0 saturated carbocycles. The fraction of sp³-hybridized carbons (Fsp3) is 0.133. The number of nitrogens with zero attached hydrogens (tertiary/aromatic N) is 4. The van der Waals surface area contributed by atoms with E-state index < -0.39 is 4.92 Å². The highest BCUT2D eigenvalue weighted by Crippen LogP contribution is 2.23. The monoisotopic (exact) mass is 327 g/mol. The quantitative estimate of drug-likeness (QED) is 0.451. The van der Waals surface area contributed by atoms with Gasteiger partial charge in [-0.25, -0.2) is 19.3 Å². The number of nitro groups is 1. The first-order chi connectivity index (χ1) is 11.5. The molecule has 0 unspecified atom stereocenters. The molecule has 0 atom stereocenters. The molecule has 2 heterocycles. The number of imidazole rings is 1. The molecule has 9 heteroatoms. The van der Waals surface area contributed by atoms with Crippen LogP contribution in [0.25, 0.3) is 11.0 Å². The Morgan fingerprint density at radius 2 is 2.21 bits per heavy atom. The molecule has 0 aliphatic rings. The lowest BCUT2D eigenvalue weighted by molar-refractivity contribution is -0.402. The smallest absolute Gasteiger partial charge is 0.400 e. The summed E-state index contributed by atoms with van der Waals surface area (Å²) < 4.78 is 6.32. The largest absolute Gasteiger partial charge is 0.433 e. The molecule has 0 bridgehead atoms. The number of aromatic nitrogens is 2. The van der Waals surface area contributed by atoms with Crippen LogP contribution in [-0.4, -0.2) is 33.8 Å². The van der Waals surface area contributed by atoms with Gasteiger partial charge in [-0.2, -0.15) is 0 Å². The molecule has 0 spiro atoms. The first-order valence-electron chi connectivity index (χ1n) is 6.99. The number of rotatable bonds is 3. The highest BCUT2D eigenvalue weighted by molar-refractivity contribution is 5.93. The highest BCUT2D eigenvalue weighted by atomic mass is 16.6. The number of aliphatic imine (C=N–C) groups is 1. The van der Waals surface area contributed by atoms with Crippen LogP contribution in [0, 0.1) is 17.0 Å². The molecule has 0 fully saturated rings. The number of carbonyl (C=O) groups excluding carboxylic acids is 1. The predicted octanol–water partition coefficient (Wildman–Crippen LogP) is 2.78. The summed E-state index contributed by atoms with van der Waals surface area (Å²) in [6.45, 7) is 1.92. The number of amides is 1. The molecule has 2 aromatic heterocycles. The van der Waals surface area contributed by atoms with Crippen molar-refractivity contribution in [3.63, 3.8) is 0 Å². The second-order valence-electron chi connectivity index (χ2n) is 4.99. The van der Waals surface area contributed by atoms with Crippen LogP contribution in [0.4, 0.5) is 16.6 Å². The maximum absolute atomic E-state index is 12.1. The number of hydrogen-bond acceptors (Lipinski definition) is 6. The topological polar surface area (TPSA) is 116 Å². The zero-order valence-electron chi connectivity index (χ0n) is 12.9. The third kappa shape index (κ3) is 2.74. The minimum Gasteiger partial charge on any atom is -0.400 e. The Balaban J connectivity index is 2.05. The second kappa shape index (κ2) is 5.95. The molecule has 0 aliphatic heterocycles. The van der Waals surface area contributed by atoms with Gasteiger partial charge in [0.1, 0.15) is 4.92 Å². The summed E-state index contributed by atoms with van der Waals surface area (Å²) in [5.41, 5.74) is 2.23. The van der Waals surface area contributed by atoms with Crippen LogP contribution in [0.15, 0.2) is 39.7 Å². The van der Waals surface area contributed by atoms with E-state index in [1.807, 2.05) is 19.1 Å². The van der Waals surface area contributed by atoms with E-state index in [1.54, 1.807) is 6.07 Å². The van der Waals surface area contributed by atoms with Crippen LogP contribution in [0.3, 0.4) is 0 Å². The van der Waals surface area contributed by atoms with Gasteiger partial charge >= 0.3 is 11.9 Å². The Kier molecular flexibility index (Phi) is 3.82. The van der Waals surface area contributed by atoms with Crippen molar-refractivity contribution in [3.8, 4) is 0 Å². The number of fused-ring (bicyclic) bond motifs is 1. The minimum atomic E-state index is -0.639. The molecule has 3 aromatic rings. The van der Waals surface area contributed by atoms with E-state index >= 15 is 0 Å². The Hall–Kier alpha value is -3.49. The molecule has 9 nitrogen and oxygen atoms in total. The summed E-state index contributed by atoms with van der Waals surface area (Å²) >= 11 is 0. The number of benzene rings is 1. The maximum Gasteiger partial charge on any atom is 0.433 e. The summed E-state index contributed by atoms with van der Waals surface area (Å²) in [7, 11) is 1.51. The Bertz CT molecular complexity index is 970. The van der Waals surface area contributed by atoms with Crippen molar-refractivity contribution in [2.24, 2.45) is 4.99 Å². The summed E-state index contributed by atoms with van der Waals surface area (Å²) in [5, 5.41) is 13.1. The molecule has 1 amide bonds. The number of aryl methyl sites for hydroxylation is 1. The van der Waals surface area contributed by atoms with Crippen molar-refractivity contribution >= 4 is 35.1 Å². The van der Waals surface area contributed by atoms with Gasteiger partial charge in [-0.3, -0.25) is 10.1 Å². The van der Waals surface area contributed by atoms with Gasteiger partial charge in [0.15, 0.2) is 5.76 Å². The second-order valence-corrected chi connectivity index (χ2v) is 4.99. The molecule has 1 aromatic carbocycles. The molecule has 3 rings (SSSR count). The fourth-order valence-electron chi connectivity index (χ4n) is 2.21. The summed E-state index contributed by atoms with van der Waals surface area (Å²) in [6.07, 6.45) is 1.28. The van der Waals surface area contributed by atoms with E-state index in [4.69, 9.17) is 4.42 Å². The zero-order valence-corrected chi connectivity index (χ0v) is 12.9. The highest BCUT2D eigenvalue weighted by Gasteiger charge is 2.16. The van der Waals surface area contributed by atoms with Crippen molar-refractivity contribution in [3.05, 3.63) is 51.8 Å². The molecule has 24 heavy (non-hydrogen) atoms. The molecule has 0 aliphatic carbocycles. The average molecular weight is 327 g/mol. The van der Waals surface area contributed by atoms with E-state index in [2.05, 4.69) is 15.3 Å². The third-order valence-corrected chi connectivity index (χ3v) is 3.31. The maximum atomic E-state index is 12.1. The van der Waals surface area contributed by atoms with Crippen molar-refractivity contribution in [2.75, 3.05) is 7.05 Å². The summed E-state index contributed by atoms with van der Waals surface area (Å²) in [5.74, 6) is -0.0470. The van der Waals surface area contributed by atoms with Crippen molar-refractivity contribution < 1.29 is 14.1 Å². The summed E-state index contributed by atoms with van der Waals surface area (Å²) in [4.78, 5) is 30.6. The van der Waals surface area contributed by atoms with Crippen LogP contribution < -0.4 is 5.32 Å². The van der Waals surface area contributed by atoms with Gasteiger partial charge in [0, 0.05) is 7.05 Å². The van der Waals surface area contributed by atoms with Crippen LogP contribution >= 0.6 is 0 Å². The van der Waals surface area contributed by atoms with Crippen molar-refractivity contribution in [1.82, 2.24) is 14.9 Å². The lowest BCUT2D eigenvalue weighted by Gasteiger charge is -2.03. The van der Waals surface area contributed by atoms with E-state index in [1.165, 1.54) is 30.0 Å². The fourth-order valence-corrected chi connectivity index (χ4v) is 2.21. The first kappa shape index (κ1) is 15.4. The van der Waals surface area contributed by atoms with Gasteiger partial charge < -0.3 is 9.73 Å². The van der Waals surface area contributed by atoms with Crippen molar-refractivity contribution in [1.29, 1.82) is 0 Å². The predicted molar refractivity (Wildman–Crippen MR) is 86.9 cm³/mol. The normalized spacial score (nSPS) is 11.2. The average Bonchev–Trinajstić information content (AvgIpc) is 3.16. The van der Waals surface area contributed by atoms with Gasteiger partial charge in [-0.15, -0.1) is 0 Å². The van der Waals surface area contributed by atoms with E-state index in [9.17, 15) is 14.9 Å². The summed E-state index contributed by atoms with van der Waals surface area (Å²) in [6, 6.07) is 7.74. The molecular formula is C15H13N5O4. The number of nitrogens with one attached hydrogen (secondary N) is 1. The zero-order chi connectivity index (χ0) is 17.3. The lowest BCUT2D eigenvalue weighted by Crippen LogP contribution is -2.24. The molecule has 0 radical (unpaired) electrons. The van der Waals surface area contributed by atoms with Crippen LogP contribution in [0.2, 0.25) is 0 Å². The number of carbonyl (C=O) groups is 1. The number of hydrogen-bond donors (Lipinski definition) is 1. The van der Waals surface area contributed by atoms with Gasteiger partial charge in [0.05, 0.1) is 23.3 Å². The Morgan fingerprint density at radius 1 is 1.42 bits per heavy atom. The van der Waals surface area contributed by atoms with Crippen LogP contribution in [0.5, 0.6) is 0 Å². The molecule has 122 valence electrons. The van der Waals surface area contributed by atoms with Crippen molar-refractivity contribution in [2.45, 2.75) is 6.92 Å². The lowest BCUT2D eigenvalue weighted by atomic mass is 10.2. The SMILES string of the molecule is CNC(=O)n1c(N=Cc2ccc([N+](=O)[O-])o2)nc2cc(C)ccc21.